The highest BCUT2D eigenvalue weighted by Gasteiger charge is 2.16. The fraction of sp³-hybridized carbons (Fsp3) is 0.143. The van der Waals surface area contributed by atoms with E-state index in [4.69, 9.17) is 27.6 Å². The number of halogens is 2. The van der Waals surface area contributed by atoms with Gasteiger partial charge in [-0.1, -0.05) is 59.6 Å². The normalized spacial score (nSPS) is 13.7. The van der Waals surface area contributed by atoms with Gasteiger partial charge in [-0.15, -0.1) is 0 Å². The fourth-order valence-corrected chi connectivity index (χ4v) is 4.69. The maximum Gasteiger partial charge on any atom is 0.271 e. The molecule has 5 nitrogen and oxygen atoms in total. The number of hydrogen-bond acceptors (Lipinski definition) is 4. The van der Waals surface area contributed by atoms with Gasteiger partial charge in [-0.05, 0) is 65.6 Å². The number of nitrogens with one attached hydrogen (secondary N) is 1. The molecule has 0 saturated carbocycles. The van der Waals surface area contributed by atoms with Crippen molar-refractivity contribution in [3.63, 3.8) is 0 Å². The molecule has 176 valence electrons. The first-order valence-corrected chi connectivity index (χ1v) is 12.1. The Morgan fingerprint density at radius 1 is 1.00 bits per heavy atom. The minimum atomic E-state index is -0.285. The van der Waals surface area contributed by atoms with Gasteiger partial charge in [0.2, 0.25) is 0 Å². The fourth-order valence-electron chi connectivity index (χ4n) is 4.18. The summed E-state index contributed by atoms with van der Waals surface area (Å²) in [5, 5.41) is 5.07. The van der Waals surface area contributed by atoms with E-state index in [2.05, 4.69) is 39.7 Å². The van der Waals surface area contributed by atoms with Crippen molar-refractivity contribution in [3.8, 4) is 11.3 Å². The molecule has 0 aliphatic carbocycles. The molecule has 0 saturated heterocycles. The maximum atomic E-state index is 12.5. The second-order valence-corrected chi connectivity index (χ2v) is 9.30. The first-order chi connectivity index (χ1) is 17.0. The van der Waals surface area contributed by atoms with E-state index in [1.807, 2.05) is 24.3 Å². The number of rotatable bonds is 6. The van der Waals surface area contributed by atoms with Gasteiger partial charge in [0.05, 0.1) is 11.2 Å². The van der Waals surface area contributed by atoms with E-state index in [0.717, 1.165) is 31.6 Å². The Morgan fingerprint density at radius 2 is 1.80 bits per heavy atom. The second-order valence-electron chi connectivity index (χ2n) is 8.45. The van der Waals surface area contributed by atoms with E-state index in [0.29, 0.717) is 27.1 Å². The van der Waals surface area contributed by atoms with Crippen LogP contribution in [0.5, 0.6) is 0 Å². The van der Waals surface area contributed by atoms with Crippen molar-refractivity contribution in [1.82, 2.24) is 10.3 Å². The van der Waals surface area contributed by atoms with E-state index in [-0.39, 0.29) is 5.91 Å². The van der Waals surface area contributed by atoms with Gasteiger partial charge >= 0.3 is 0 Å². The second kappa shape index (κ2) is 10.5. The molecule has 0 atom stereocenters. The summed E-state index contributed by atoms with van der Waals surface area (Å²) in [5.74, 6) is 0.796. The van der Waals surface area contributed by atoms with Crippen molar-refractivity contribution in [1.29, 1.82) is 0 Å². The monoisotopic (exact) mass is 503 g/mol. The maximum absolute atomic E-state index is 12.5. The van der Waals surface area contributed by atoms with E-state index in [9.17, 15) is 4.79 Å². The van der Waals surface area contributed by atoms with Crippen molar-refractivity contribution < 1.29 is 9.21 Å². The average Bonchev–Trinajstić information content (AvgIpc) is 3.33. The summed E-state index contributed by atoms with van der Waals surface area (Å²) < 4.78 is 5.76. The van der Waals surface area contributed by atoms with Gasteiger partial charge in [-0.25, -0.2) is 5.43 Å². The van der Waals surface area contributed by atoms with Crippen LogP contribution in [0.1, 0.15) is 32.8 Å². The Bertz CT molecular complexity index is 1380. The molecule has 0 bridgehead atoms. The molecule has 5 rings (SSSR count). The molecular formula is C28H23Cl2N3O2. The Hall–Kier alpha value is -3.38. The van der Waals surface area contributed by atoms with Crippen molar-refractivity contribution >= 4 is 35.3 Å². The molecule has 7 heteroatoms. The largest absolute Gasteiger partial charge is 0.455 e. The highest BCUT2D eigenvalue weighted by molar-refractivity contribution is 6.36. The number of hydrazone groups is 1. The zero-order chi connectivity index (χ0) is 24.2. The molecule has 1 aliphatic rings. The molecule has 1 aromatic heterocycles. The molecule has 0 fully saturated rings. The summed E-state index contributed by atoms with van der Waals surface area (Å²) in [6.45, 7) is 2.84. The number of nitrogens with zero attached hydrogens (tertiary/aromatic N) is 2. The molecule has 3 aromatic carbocycles. The lowest BCUT2D eigenvalue weighted by Crippen LogP contribution is -2.30. The van der Waals surface area contributed by atoms with E-state index in [1.165, 1.54) is 22.9 Å². The lowest BCUT2D eigenvalue weighted by molar-refractivity contribution is 0.0955. The minimum absolute atomic E-state index is 0.285. The summed E-state index contributed by atoms with van der Waals surface area (Å²) in [7, 11) is 0. The van der Waals surface area contributed by atoms with Crippen LogP contribution >= 0.6 is 23.2 Å². The van der Waals surface area contributed by atoms with Crippen LogP contribution in [0.25, 0.3) is 11.3 Å². The number of carbonyl (C=O) groups excluding carboxylic acids is 1. The molecule has 35 heavy (non-hydrogen) atoms. The predicted octanol–water partition coefficient (Wildman–Crippen LogP) is 6.58. The third-order valence-electron chi connectivity index (χ3n) is 6.01. The number of carbonyl (C=O) groups is 1. The van der Waals surface area contributed by atoms with Gasteiger partial charge in [0.1, 0.15) is 11.5 Å². The minimum Gasteiger partial charge on any atom is -0.455 e. The van der Waals surface area contributed by atoms with Gasteiger partial charge in [-0.2, -0.15) is 5.10 Å². The number of benzene rings is 3. The third kappa shape index (κ3) is 5.65. The SMILES string of the molecule is O=C(N/N=C\c1ccc(-c2ccc(Cl)cc2Cl)o1)c1ccc(CN2CCc3ccccc3C2)cc1. The summed E-state index contributed by atoms with van der Waals surface area (Å²) in [4.78, 5) is 14.9. The Labute approximate surface area is 214 Å². The van der Waals surface area contributed by atoms with Gasteiger partial charge < -0.3 is 4.42 Å². The molecule has 1 amide bonds. The third-order valence-corrected chi connectivity index (χ3v) is 6.56. The van der Waals surface area contributed by atoms with Gasteiger partial charge in [0, 0.05) is 35.8 Å². The van der Waals surface area contributed by atoms with Crippen molar-refractivity contribution in [2.45, 2.75) is 19.5 Å². The Balaban J connectivity index is 1.15. The lowest BCUT2D eigenvalue weighted by atomic mass is 9.99. The zero-order valence-corrected chi connectivity index (χ0v) is 20.4. The topological polar surface area (TPSA) is 57.8 Å². The van der Waals surface area contributed by atoms with Gasteiger partial charge in [-0.3, -0.25) is 9.69 Å². The van der Waals surface area contributed by atoms with E-state index in [1.54, 1.807) is 30.3 Å². The first-order valence-electron chi connectivity index (χ1n) is 11.3. The summed E-state index contributed by atoms with van der Waals surface area (Å²) in [5.41, 5.74) is 7.83. The average molecular weight is 504 g/mol. The summed E-state index contributed by atoms with van der Waals surface area (Å²) in [6, 6.07) is 25.0. The number of furan rings is 1. The van der Waals surface area contributed by atoms with Gasteiger partial charge in [0.15, 0.2) is 0 Å². The van der Waals surface area contributed by atoms with Crippen LogP contribution in [0.2, 0.25) is 10.0 Å². The van der Waals surface area contributed by atoms with Crippen LogP contribution in [0.4, 0.5) is 0 Å². The highest BCUT2D eigenvalue weighted by Crippen LogP contribution is 2.31. The Kier molecular flexibility index (Phi) is 7.00. The molecule has 0 radical (unpaired) electrons. The van der Waals surface area contributed by atoms with Crippen LogP contribution < -0.4 is 5.43 Å². The summed E-state index contributed by atoms with van der Waals surface area (Å²) in [6.07, 6.45) is 2.52. The highest BCUT2D eigenvalue weighted by atomic mass is 35.5. The Morgan fingerprint density at radius 3 is 2.60 bits per heavy atom. The number of amides is 1. The molecule has 2 heterocycles. The molecule has 0 unspecified atom stereocenters. The lowest BCUT2D eigenvalue weighted by Gasteiger charge is -2.28. The van der Waals surface area contributed by atoms with Crippen LogP contribution in [-0.4, -0.2) is 23.6 Å². The zero-order valence-electron chi connectivity index (χ0n) is 18.9. The van der Waals surface area contributed by atoms with E-state index >= 15 is 0 Å². The number of hydrogen-bond donors (Lipinski definition) is 1. The summed E-state index contributed by atoms with van der Waals surface area (Å²) >= 11 is 12.2. The quantitative estimate of drug-likeness (QED) is 0.239. The van der Waals surface area contributed by atoms with Crippen molar-refractivity contribution in [3.05, 3.63) is 117 Å². The van der Waals surface area contributed by atoms with Crippen molar-refractivity contribution in [2.75, 3.05) is 6.54 Å². The van der Waals surface area contributed by atoms with Crippen LogP contribution in [-0.2, 0) is 19.5 Å². The molecule has 0 spiro atoms. The van der Waals surface area contributed by atoms with Gasteiger partial charge in [0.25, 0.3) is 5.91 Å². The van der Waals surface area contributed by atoms with Crippen LogP contribution in [0.3, 0.4) is 0 Å². The molecule has 1 N–H and O–H groups in total. The number of fused-ring (bicyclic) bond motifs is 1. The van der Waals surface area contributed by atoms with Crippen LogP contribution in [0, 0.1) is 0 Å². The first kappa shape index (κ1) is 23.4. The van der Waals surface area contributed by atoms with Crippen LogP contribution in [0.15, 0.2) is 88.4 Å². The molecule has 1 aliphatic heterocycles. The predicted molar refractivity (Wildman–Crippen MR) is 140 cm³/mol. The molecule has 4 aromatic rings. The standard InChI is InChI=1S/C28H23Cl2N3O2/c29-23-9-11-25(26(30)15-23)27-12-10-24(35-27)16-31-32-28(34)21-7-5-19(6-8-21)17-33-14-13-20-3-1-2-4-22(20)18-33/h1-12,15-16H,13-14,17-18H2,(H,32,34)/b31-16-. The smallest absolute Gasteiger partial charge is 0.271 e. The van der Waals surface area contributed by atoms with Crippen molar-refractivity contribution in [2.24, 2.45) is 5.10 Å². The van der Waals surface area contributed by atoms with E-state index < -0.39 is 0 Å². The molecular weight excluding hydrogens is 481 g/mol.